The van der Waals surface area contributed by atoms with Crippen molar-refractivity contribution in [3.63, 3.8) is 0 Å². The number of aromatic nitrogens is 2. The van der Waals surface area contributed by atoms with Crippen LogP contribution < -0.4 is 10.6 Å². The molecule has 3 heterocycles. The van der Waals surface area contributed by atoms with Gasteiger partial charge in [0.1, 0.15) is 5.82 Å². The maximum absolute atomic E-state index is 5.61. The summed E-state index contributed by atoms with van der Waals surface area (Å²) in [5.41, 5.74) is 1.18. The van der Waals surface area contributed by atoms with E-state index in [1.165, 1.54) is 30.8 Å². The van der Waals surface area contributed by atoms with Crippen LogP contribution in [0.2, 0.25) is 0 Å². The number of nitrogens with zero attached hydrogens (tertiary/aromatic N) is 3. The van der Waals surface area contributed by atoms with E-state index in [1.54, 1.807) is 7.05 Å². The summed E-state index contributed by atoms with van der Waals surface area (Å²) in [6, 6.07) is 0. The van der Waals surface area contributed by atoms with E-state index in [0.717, 1.165) is 51.5 Å². The number of hydrogen-bond acceptors (Lipinski definition) is 3. The second-order valence-electron chi connectivity index (χ2n) is 6.06. The van der Waals surface area contributed by atoms with E-state index in [-0.39, 0.29) is 24.0 Å². The van der Waals surface area contributed by atoms with E-state index in [2.05, 4.69) is 26.4 Å². The molecular formula is C16H28IN5O. The number of halogens is 1. The molecule has 0 spiro atoms. The zero-order chi connectivity index (χ0) is 15.2. The maximum atomic E-state index is 5.61. The summed E-state index contributed by atoms with van der Waals surface area (Å²) in [5, 5.41) is 6.69. The summed E-state index contributed by atoms with van der Waals surface area (Å²) in [6.07, 6.45) is 9.46. The summed E-state index contributed by atoms with van der Waals surface area (Å²) < 4.78 is 7.92. The minimum atomic E-state index is 0. The number of guanidine groups is 1. The van der Waals surface area contributed by atoms with Crippen LogP contribution >= 0.6 is 24.0 Å². The highest BCUT2D eigenvalue weighted by atomic mass is 127. The molecule has 1 aromatic heterocycles. The standard InChI is InChI=1S/C16H27N5O.HI/c1-17-16(19-11-14-5-4-10-22-14)18-8-7-13-12-21-9-3-2-6-15(21)20-13;/h12,14H,2-11H2,1H3,(H2,17,18,19);1H. The van der Waals surface area contributed by atoms with Gasteiger partial charge >= 0.3 is 0 Å². The van der Waals surface area contributed by atoms with Gasteiger partial charge in [-0.25, -0.2) is 4.98 Å². The fourth-order valence-corrected chi connectivity index (χ4v) is 3.14. The lowest BCUT2D eigenvalue weighted by Crippen LogP contribution is -2.41. The molecule has 0 bridgehead atoms. The number of nitrogens with one attached hydrogen (secondary N) is 2. The molecule has 2 aliphatic rings. The molecule has 2 N–H and O–H groups in total. The van der Waals surface area contributed by atoms with E-state index in [9.17, 15) is 0 Å². The van der Waals surface area contributed by atoms with Crippen LogP contribution in [-0.4, -0.2) is 48.4 Å². The molecule has 1 unspecified atom stereocenters. The molecule has 7 heteroatoms. The van der Waals surface area contributed by atoms with Crippen molar-refractivity contribution >= 4 is 29.9 Å². The summed E-state index contributed by atoms with van der Waals surface area (Å²) in [4.78, 5) is 8.98. The predicted molar refractivity (Wildman–Crippen MR) is 103 cm³/mol. The molecule has 1 aromatic rings. The van der Waals surface area contributed by atoms with E-state index in [1.807, 2.05) is 0 Å². The number of fused-ring (bicyclic) bond motifs is 1. The van der Waals surface area contributed by atoms with Gasteiger partial charge in [0.2, 0.25) is 0 Å². The van der Waals surface area contributed by atoms with E-state index >= 15 is 0 Å². The van der Waals surface area contributed by atoms with Gasteiger partial charge in [-0.15, -0.1) is 24.0 Å². The molecule has 23 heavy (non-hydrogen) atoms. The summed E-state index contributed by atoms with van der Waals surface area (Å²) in [7, 11) is 1.81. The number of aryl methyl sites for hydroxylation is 2. The molecule has 2 aliphatic heterocycles. The SMILES string of the molecule is CN=C(NCCc1cn2c(n1)CCCC2)NCC1CCCO1.I. The van der Waals surface area contributed by atoms with Crippen molar-refractivity contribution in [3.8, 4) is 0 Å². The van der Waals surface area contributed by atoms with Crippen molar-refractivity contribution in [2.45, 2.75) is 51.2 Å². The molecule has 3 rings (SSSR count). The Hall–Kier alpha value is -0.830. The van der Waals surface area contributed by atoms with Crippen molar-refractivity contribution in [3.05, 3.63) is 17.7 Å². The van der Waals surface area contributed by atoms with Crippen molar-refractivity contribution in [1.29, 1.82) is 0 Å². The van der Waals surface area contributed by atoms with Gasteiger partial charge in [-0.1, -0.05) is 0 Å². The zero-order valence-electron chi connectivity index (χ0n) is 13.9. The highest BCUT2D eigenvalue weighted by Crippen LogP contribution is 2.14. The molecule has 0 radical (unpaired) electrons. The first-order valence-corrected chi connectivity index (χ1v) is 8.46. The summed E-state index contributed by atoms with van der Waals surface area (Å²) in [5.74, 6) is 2.10. The second-order valence-corrected chi connectivity index (χ2v) is 6.06. The van der Waals surface area contributed by atoms with Crippen LogP contribution in [0.15, 0.2) is 11.2 Å². The number of rotatable bonds is 5. The Morgan fingerprint density at radius 1 is 1.39 bits per heavy atom. The van der Waals surface area contributed by atoms with E-state index in [4.69, 9.17) is 9.72 Å². The topological polar surface area (TPSA) is 63.5 Å². The molecule has 1 atom stereocenters. The Labute approximate surface area is 155 Å². The molecule has 130 valence electrons. The first-order chi connectivity index (χ1) is 10.8. The van der Waals surface area contributed by atoms with Gasteiger partial charge in [-0.2, -0.15) is 0 Å². The molecular weight excluding hydrogens is 405 g/mol. The number of aliphatic imine (C=N–C) groups is 1. The van der Waals surface area contributed by atoms with Crippen molar-refractivity contribution < 1.29 is 4.74 Å². The van der Waals surface area contributed by atoms with Crippen LogP contribution in [0.4, 0.5) is 0 Å². The Kier molecular flexibility index (Phi) is 7.61. The van der Waals surface area contributed by atoms with Gasteiger partial charge in [-0.3, -0.25) is 4.99 Å². The van der Waals surface area contributed by atoms with E-state index < -0.39 is 0 Å². The minimum Gasteiger partial charge on any atom is -0.376 e. The Morgan fingerprint density at radius 2 is 2.30 bits per heavy atom. The lowest BCUT2D eigenvalue weighted by Gasteiger charge is -2.14. The van der Waals surface area contributed by atoms with Crippen LogP contribution in [0.25, 0.3) is 0 Å². The molecule has 0 amide bonds. The van der Waals surface area contributed by atoms with Crippen LogP contribution in [-0.2, 0) is 24.1 Å². The average Bonchev–Trinajstić information content (AvgIpc) is 3.19. The number of hydrogen-bond donors (Lipinski definition) is 2. The quantitative estimate of drug-likeness (QED) is 0.422. The second kappa shape index (κ2) is 9.46. The molecule has 1 saturated heterocycles. The third-order valence-electron chi connectivity index (χ3n) is 4.38. The monoisotopic (exact) mass is 433 g/mol. The first-order valence-electron chi connectivity index (χ1n) is 8.46. The van der Waals surface area contributed by atoms with Gasteiger partial charge in [0.15, 0.2) is 5.96 Å². The van der Waals surface area contributed by atoms with Crippen LogP contribution in [0.3, 0.4) is 0 Å². The lowest BCUT2D eigenvalue weighted by atomic mass is 10.2. The fourth-order valence-electron chi connectivity index (χ4n) is 3.14. The maximum Gasteiger partial charge on any atom is 0.191 e. The molecule has 6 nitrogen and oxygen atoms in total. The summed E-state index contributed by atoms with van der Waals surface area (Å²) >= 11 is 0. The fraction of sp³-hybridized carbons (Fsp3) is 0.750. The first kappa shape index (κ1) is 18.5. The van der Waals surface area contributed by atoms with Crippen LogP contribution in [0.5, 0.6) is 0 Å². The highest BCUT2D eigenvalue weighted by molar-refractivity contribution is 14.0. The van der Waals surface area contributed by atoms with Crippen molar-refractivity contribution in [2.75, 3.05) is 26.7 Å². The van der Waals surface area contributed by atoms with Crippen LogP contribution in [0, 0.1) is 0 Å². The predicted octanol–water partition coefficient (Wildman–Crippen LogP) is 1.72. The van der Waals surface area contributed by atoms with Gasteiger partial charge in [0.25, 0.3) is 0 Å². The number of ether oxygens (including phenoxy) is 1. The van der Waals surface area contributed by atoms with Crippen molar-refractivity contribution in [1.82, 2.24) is 20.2 Å². The highest BCUT2D eigenvalue weighted by Gasteiger charge is 2.15. The zero-order valence-corrected chi connectivity index (χ0v) is 16.2. The van der Waals surface area contributed by atoms with Gasteiger partial charge < -0.3 is 19.9 Å². The third-order valence-corrected chi connectivity index (χ3v) is 4.38. The minimum absolute atomic E-state index is 0. The normalized spacial score (nSPS) is 20.7. The Morgan fingerprint density at radius 3 is 3.04 bits per heavy atom. The molecule has 0 aromatic carbocycles. The molecule has 1 fully saturated rings. The van der Waals surface area contributed by atoms with Gasteiger partial charge in [0, 0.05) is 52.3 Å². The van der Waals surface area contributed by atoms with Gasteiger partial charge in [-0.05, 0) is 25.7 Å². The van der Waals surface area contributed by atoms with Crippen molar-refractivity contribution in [2.24, 2.45) is 4.99 Å². The molecule has 0 aliphatic carbocycles. The van der Waals surface area contributed by atoms with E-state index in [0.29, 0.717) is 6.10 Å². The Balaban J connectivity index is 0.00000192. The average molecular weight is 433 g/mol. The molecule has 0 saturated carbocycles. The lowest BCUT2D eigenvalue weighted by molar-refractivity contribution is 0.114. The Bertz CT molecular complexity index is 487. The largest absolute Gasteiger partial charge is 0.376 e. The summed E-state index contributed by atoms with van der Waals surface area (Å²) in [6.45, 7) is 3.70. The number of imidazole rings is 1. The van der Waals surface area contributed by atoms with Gasteiger partial charge in [0.05, 0.1) is 11.8 Å². The van der Waals surface area contributed by atoms with Crippen LogP contribution in [0.1, 0.15) is 37.2 Å². The third kappa shape index (κ3) is 5.34. The smallest absolute Gasteiger partial charge is 0.191 e.